The van der Waals surface area contributed by atoms with E-state index in [0.29, 0.717) is 41.2 Å². The standard InChI is InChI=1S/C43H56BrN5O7S/c1-28(2)34-7-5-6-8-35(34)40-27-56-20-19-48(40)32-24-43(25-32)17-18-47(29(3)23-43)31-9-11-36(37(44)21-31)41(50)46-57(54,55)33-10-12-38(39(22-33)49(52)53)45-26-30-13-15-42(4,51)16-14-30/h5-12,21-22,28-30,32,40,45,51H,13-20,23-27H2,1-4H3,(H,46,50)/t29?,30?,32?,40-,42?,43?/m0/s1. The summed E-state index contributed by atoms with van der Waals surface area (Å²) in [6.45, 7) is 12.4. The zero-order chi connectivity index (χ0) is 40.7. The summed E-state index contributed by atoms with van der Waals surface area (Å²) in [6, 6.07) is 18.8. The molecule has 4 fully saturated rings. The summed E-state index contributed by atoms with van der Waals surface area (Å²) >= 11 is 3.52. The Labute approximate surface area is 345 Å². The Kier molecular flexibility index (Phi) is 12.1. The van der Waals surface area contributed by atoms with Crippen LogP contribution in [0, 0.1) is 21.4 Å². The maximum Gasteiger partial charge on any atom is 0.293 e. The zero-order valence-electron chi connectivity index (χ0n) is 33.4. The molecule has 2 saturated heterocycles. The van der Waals surface area contributed by atoms with Crippen LogP contribution in [0.4, 0.5) is 17.1 Å². The number of morpholine rings is 1. The SMILES string of the molecule is CC(C)c1ccccc1[C@@H]1COCCN1C1CC2(CCN(c3ccc(C(=O)NS(=O)(=O)c4ccc(NCC5CCC(C)(O)CC5)c([N+](=O)[O-])c4)c(Br)c3)C(C)C2)C1. The fourth-order valence-corrected chi connectivity index (χ4v) is 11.4. The Morgan fingerprint density at radius 1 is 1.05 bits per heavy atom. The van der Waals surface area contributed by atoms with Gasteiger partial charge in [0.2, 0.25) is 0 Å². The molecule has 0 bridgehead atoms. The van der Waals surface area contributed by atoms with Crippen LogP contribution in [0.3, 0.4) is 0 Å². The number of carbonyl (C=O) groups excluding carboxylic acids is 1. The van der Waals surface area contributed by atoms with Gasteiger partial charge in [0.15, 0.2) is 0 Å². The number of hydrogen-bond donors (Lipinski definition) is 3. The average Bonchev–Trinajstić information content (AvgIpc) is 3.16. The molecule has 0 aromatic heterocycles. The largest absolute Gasteiger partial charge is 0.390 e. The summed E-state index contributed by atoms with van der Waals surface area (Å²) in [5.74, 6) is -0.152. The topological polar surface area (TPSA) is 154 Å². The molecule has 2 aliphatic carbocycles. The Morgan fingerprint density at radius 3 is 2.47 bits per heavy atom. The van der Waals surface area contributed by atoms with E-state index in [1.165, 1.54) is 36.1 Å². The fourth-order valence-electron chi connectivity index (χ4n) is 9.85. The van der Waals surface area contributed by atoms with E-state index in [1.807, 2.05) is 19.1 Å². The van der Waals surface area contributed by atoms with Gasteiger partial charge < -0.3 is 20.1 Å². The van der Waals surface area contributed by atoms with E-state index in [9.17, 15) is 28.4 Å². The van der Waals surface area contributed by atoms with Crippen LogP contribution in [-0.2, 0) is 14.8 Å². The van der Waals surface area contributed by atoms with Gasteiger partial charge in [-0.3, -0.25) is 19.8 Å². The third kappa shape index (κ3) is 9.05. The molecule has 2 atom stereocenters. The van der Waals surface area contributed by atoms with Crippen molar-refractivity contribution in [2.24, 2.45) is 11.3 Å². The third-order valence-corrected chi connectivity index (χ3v) is 15.1. The first-order valence-corrected chi connectivity index (χ1v) is 22.6. The van der Waals surface area contributed by atoms with Crippen molar-refractivity contribution in [1.29, 1.82) is 0 Å². The molecule has 0 radical (unpaired) electrons. The first kappa shape index (κ1) is 41.6. The maximum absolute atomic E-state index is 13.4. The van der Waals surface area contributed by atoms with Crippen molar-refractivity contribution in [2.75, 3.05) is 43.1 Å². The van der Waals surface area contributed by atoms with Crippen LogP contribution in [0.2, 0.25) is 0 Å². The first-order valence-electron chi connectivity index (χ1n) is 20.4. The first-order chi connectivity index (χ1) is 27.0. The number of aliphatic hydroxyl groups is 1. The lowest BCUT2D eigenvalue weighted by molar-refractivity contribution is -0.384. The molecule has 2 saturated carbocycles. The molecule has 57 heavy (non-hydrogen) atoms. The molecule has 7 rings (SSSR count). The number of anilines is 2. The number of nitro groups is 1. The van der Waals surface area contributed by atoms with Crippen LogP contribution >= 0.6 is 15.9 Å². The van der Waals surface area contributed by atoms with Crippen LogP contribution in [0.15, 0.2) is 70.0 Å². The maximum atomic E-state index is 13.4. The molecule has 4 aliphatic rings. The molecule has 3 aromatic rings. The van der Waals surface area contributed by atoms with Gasteiger partial charge in [-0.05, 0) is 140 Å². The van der Waals surface area contributed by atoms with Gasteiger partial charge in [0.05, 0.1) is 40.2 Å². The second-order valence-corrected chi connectivity index (χ2v) is 20.1. The molecular weight excluding hydrogens is 810 g/mol. The number of halogens is 1. The van der Waals surface area contributed by atoms with Crippen molar-refractivity contribution in [3.05, 3.63) is 91.9 Å². The number of nitrogens with one attached hydrogen (secondary N) is 2. The number of hydrogen-bond acceptors (Lipinski definition) is 10. The number of benzene rings is 3. The molecule has 1 spiro atoms. The molecule has 2 aliphatic heterocycles. The number of amides is 1. The summed E-state index contributed by atoms with van der Waals surface area (Å²) in [4.78, 5) is 29.4. The van der Waals surface area contributed by atoms with Crippen LogP contribution in [0.25, 0.3) is 0 Å². The van der Waals surface area contributed by atoms with Gasteiger partial charge in [-0.15, -0.1) is 0 Å². The van der Waals surface area contributed by atoms with Gasteiger partial charge in [-0.1, -0.05) is 38.1 Å². The van der Waals surface area contributed by atoms with E-state index < -0.39 is 32.1 Å². The molecule has 308 valence electrons. The van der Waals surface area contributed by atoms with E-state index in [1.54, 1.807) is 6.07 Å². The number of ether oxygens (including phenoxy) is 1. The highest BCUT2D eigenvalue weighted by Gasteiger charge is 2.51. The number of piperidine rings is 1. The van der Waals surface area contributed by atoms with Crippen molar-refractivity contribution >= 4 is 48.9 Å². The summed E-state index contributed by atoms with van der Waals surface area (Å²) < 4.78 is 35.3. The Balaban J connectivity index is 0.960. The number of rotatable bonds is 11. The Morgan fingerprint density at radius 2 is 1.79 bits per heavy atom. The molecule has 14 heteroatoms. The average molecular weight is 867 g/mol. The summed E-state index contributed by atoms with van der Waals surface area (Å²) in [5.41, 5.74) is 3.31. The molecule has 12 nitrogen and oxygen atoms in total. The number of carbonyl (C=O) groups is 1. The zero-order valence-corrected chi connectivity index (χ0v) is 35.8. The van der Waals surface area contributed by atoms with Crippen LogP contribution in [0.5, 0.6) is 0 Å². The normalized spacial score (nSPS) is 28.2. The summed E-state index contributed by atoms with van der Waals surface area (Å²) in [6.07, 6.45) is 7.38. The van der Waals surface area contributed by atoms with E-state index in [2.05, 4.69) is 80.8 Å². The Bertz CT molecular complexity index is 2080. The van der Waals surface area contributed by atoms with Gasteiger partial charge in [-0.25, -0.2) is 13.1 Å². The van der Waals surface area contributed by atoms with Crippen molar-refractivity contribution in [3.63, 3.8) is 0 Å². The smallest absolute Gasteiger partial charge is 0.293 e. The van der Waals surface area contributed by atoms with Crippen LogP contribution in [0.1, 0.15) is 113 Å². The lowest BCUT2D eigenvalue weighted by Crippen LogP contribution is -2.59. The van der Waals surface area contributed by atoms with Crippen LogP contribution < -0.4 is 14.9 Å². The van der Waals surface area contributed by atoms with E-state index >= 15 is 0 Å². The predicted octanol–water partition coefficient (Wildman–Crippen LogP) is 8.16. The molecule has 1 amide bonds. The minimum absolute atomic E-state index is 0.142. The lowest BCUT2D eigenvalue weighted by Gasteiger charge is -2.59. The quantitative estimate of drug-likeness (QED) is 0.127. The molecule has 3 N–H and O–H groups in total. The minimum Gasteiger partial charge on any atom is -0.390 e. The summed E-state index contributed by atoms with van der Waals surface area (Å²) in [5, 5.41) is 25.3. The number of nitrogens with zero attached hydrogens (tertiary/aromatic N) is 3. The number of nitro benzene ring substituents is 1. The fraction of sp³-hybridized carbons (Fsp3) is 0.558. The highest BCUT2D eigenvalue weighted by atomic mass is 79.9. The lowest BCUT2D eigenvalue weighted by atomic mass is 9.58. The van der Waals surface area contributed by atoms with E-state index in [0.717, 1.165) is 63.7 Å². The van der Waals surface area contributed by atoms with Gasteiger partial charge >= 0.3 is 0 Å². The molecular formula is C43H56BrN5O7S. The van der Waals surface area contributed by atoms with Crippen molar-refractivity contribution < 1.29 is 28.0 Å². The third-order valence-electron chi connectivity index (χ3n) is 13.1. The summed E-state index contributed by atoms with van der Waals surface area (Å²) in [7, 11) is -4.43. The van der Waals surface area contributed by atoms with Crippen molar-refractivity contribution in [1.82, 2.24) is 9.62 Å². The minimum atomic E-state index is -4.43. The van der Waals surface area contributed by atoms with Gasteiger partial charge in [-0.2, -0.15) is 0 Å². The molecule has 3 aromatic carbocycles. The van der Waals surface area contributed by atoms with E-state index in [4.69, 9.17) is 4.74 Å². The van der Waals surface area contributed by atoms with Gasteiger partial charge in [0.1, 0.15) is 5.69 Å². The van der Waals surface area contributed by atoms with Crippen molar-refractivity contribution in [3.8, 4) is 0 Å². The van der Waals surface area contributed by atoms with Gasteiger partial charge in [0.25, 0.3) is 21.6 Å². The Hall–Kier alpha value is -3.56. The molecule has 1 unspecified atom stereocenters. The number of sulfonamides is 1. The monoisotopic (exact) mass is 865 g/mol. The second-order valence-electron chi connectivity index (χ2n) is 17.5. The highest BCUT2D eigenvalue weighted by molar-refractivity contribution is 9.10. The van der Waals surface area contributed by atoms with Crippen molar-refractivity contribution in [2.45, 2.75) is 114 Å². The van der Waals surface area contributed by atoms with Gasteiger partial charge in [0, 0.05) is 47.9 Å². The van der Waals surface area contributed by atoms with E-state index in [-0.39, 0.29) is 34.1 Å². The highest BCUT2D eigenvalue weighted by Crippen LogP contribution is 2.54. The second kappa shape index (κ2) is 16.6. The predicted molar refractivity (Wildman–Crippen MR) is 225 cm³/mol. The molecule has 2 heterocycles. The van der Waals surface area contributed by atoms with Crippen LogP contribution in [-0.4, -0.2) is 79.8 Å².